The molecule has 0 atom stereocenters. The number of nitrogens with zero attached hydrogens (tertiary/aromatic N) is 1. The highest BCUT2D eigenvalue weighted by Gasteiger charge is 2.09. The van der Waals surface area contributed by atoms with Crippen LogP contribution in [0.4, 0.5) is 5.69 Å². The van der Waals surface area contributed by atoms with E-state index in [4.69, 9.17) is 15.0 Å². The highest BCUT2D eigenvalue weighted by atomic mass is 16.5. The molecular formula is C9H10N2O2. The van der Waals surface area contributed by atoms with E-state index in [0.717, 1.165) is 5.39 Å². The molecule has 0 fully saturated rings. The van der Waals surface area contributed by atoms with Gasteiger partial charge in [-0.05, 0) is 24.2 Å². The normalized spacial score (nSPS) is 10.5. The van der Waals surface area contributed by atoms with E-state index in [1.54, 1.807) is 6.07 Å². The summed E-state index contributed by atoms with van der Waals surface area (Å²) in [5, 5.41) is 4.59. The maximum atomic E-state index is 5.68. The average Bonchev–Trinajstić information content (AvgIpc) is 2.51. The van der Waals surface area contributed by atoms with Crippen LogP contribution in [0.25, 0.3) is 11.0 Å². The van der Waals surface area contributed by atoms with Crippen LogP contribution in [0.2, 0.25) is 0 Å². The van der Waals surface area contributed by atoms with E-state index in [9.17, 15) is 0 Å². The van der Waals surface area contributed by atoms with Gasteiger partial charge in [0.1, 0.15) is 0 Å². The van der Waals surface area contributed by atoms with Crippen LogP contribution in [0.1, 0.15) is 6.92 Å². The Morgan fingerprint density at radius 2 is 2.38 bits per heavy atom. The summed E-state index contributed by atoms with van der Waals surface area (Å²) in [6, 6.07) is 5.48. The molecule has 4 nitrogen and oxygen atoms in total. The van der Waals surface area contributed by atoms with Crippen molar-refractivity contribution in [3.63, 3.8) is 0 Å². The van der Waals surface area contributed by atoms with Crippen LogP contribution in [0.3, 0.4) is 0 Å². The van der Waals surface area contributed by atoms with E-state index in [0.29, 0.717) is 23.8 Å². The predicted octanol–water partition coefficient (Wildman–Crippen LogP) is 1.81. The van der Waals surface area contributed by atoms with Crippen molar-refractivity contribution in [2.45, 2.75) is 6.92 Å². The lowest BCUT2D eigenvalue weighted by Gasteiger charge is -1.96. The van der Waals surface area contributed by atoms with Gasteiger partial charge < -0.3 is 15.0 Å². The molecule has 0 saturated heterocycles. The number of anilines is 1. The molecule has 2 rings (SSSR count). The molecule has 4 heteroatoms. The molecule has 68 valence electrons. The molecule has 0 aliphatic heterocycles. The Kier molecular flexibility index (Phi) is 1.81. The number of rotatable bonds is 2. The molecule has 0 bridgehead atoms. The Hall–Kier alpha value is -1.71. The van der Waals surface area contributed by atoms with Crippen LogP contribution in [0.5, 0.6) is 5.88 Å². The standard InChI is InChI=1S/C9H10N2O2/c1-2-12-9-6-4-3-5-7(10)8(6)13-11-9/h3-5H,2,10H2,1H3. The van der Waals surface area contributed by atoms with Crippen LogP contribution in [-0.2, 0) is 0 Å². The number of hydrogen-bond acceptors (Lipinski definition) is 4. The topological polar surface area (TPSA) is 61.3 Å². The number of benzene rings is 1. The predicted molar refractivity (Wildman–Crippen MR) is 49.6 cm³/mol. The van der Waals surface area contributed by atoms with Gasteiger partial charge in [0.25, 0.3) is 5.88 Å². The van der Waals surface area contributed by atoms with Crippen LogP contribution >= 0.6 is 0 Å². The van der Waals surface area contributed by atoms with Gasteiger partial charge in [-0.1, -0.05) is 6.07 Å². The summed E-state index contributed by atoms with van der Waals surface area (Å²) >= 11 is 0. The average molecular weight is 178 g/mol. The van der Waals surface area contributed by atoms with Crippen LogP contribution < -0.4 is 10.5 Å². The number of hydrogen-bond donors (Lipinski definition) is 1. The number of fused-ring (bicyclic) bond motifs is 1. The second kappa shape index (κ2) is 2.97. The van der Waals surface area contributed by atoms with Gasteiger partial charge in [0.15, 0.2) is 5.58 Å². The quantitative estimate of drug-likeness (QED) is 0.712. The van der Waals surface area contributed by atoms with Crippen molar-refractivity contribution in [2.24, 2.45) is 0 Å². The Morgan fingerprint density at radius 3 is 3.15 bits per heavy atom. The molecular weight excluding hydrogens is 168 g/mol. The smallest absolute Gasteiger partial charge is 0.262 e. The first-order chi connectivity index (χ1) is 6.33. The first kappa shape index (κ1) is 7.91. The molecule has 2 N–H and O–H groups in total. The first-order valence-electron chi connectivity index (χ1n) is 4.09. The molecule has 1 aromatic heterocycles. The molecule has 0 spiro atoms. The Labute approximate surface area is 75.3 Å². The Bertz CT molecular complexity index is 422. The molecule has 0 saturated carbocycles. The zero-order chi connectivity index (χ0) is 9.26. The summed E-state index contributed by atoms with van der Waals surface area (Å²) < 4.78 is 10.3. The fourth-order valence-corrected chi connectivity index (χ4v) is 1.20. The third-order valence-corrected chi connectivity index (χ3v) is 1.78. The van der Waals surface area contributed by atoms with E-state index in [2.05, 4.69) is 5.16 Å². The Morgan fingerprint density at radius 1 is 1.54 bits per heavy atom. The number of nitrogens with two attached hydrogens (primary N) is 1. The van der Waals surface area contributed by atoms with Crippen molar-refractivity contribution < 1.29 is 9.26 Å². The molecule has 0 unspecified atom stereocenters. The molecule has 2 aromatic rings. The summed E-state index contributed by atoms with van der Waals surface area (Å²) in [4.78, 5) is 0. The van der Waals surface area contributed by atoms with Gasteiger partial charge in [0.2, 0.25) is 0 Å². The van der Waals surface area contributed by atoms with Gasteiger partial charge in [-0.15, -0.1) is 0 Å². The summed E-state index contributed by atoms with van der Waals surface area (Å²) in [6.45, 7) is 2.46. The van der Waals surface area contributed by atoms with Gasteiger partial charge in [-0.3, -0.25) is 0 Å². The van der Waals surface area contributed by atoms with Gasteiger partial charge in [0.05, 0.1) is 17.7 Å². The van der Waals surface area contributed by atoms with Gasteiger partial charge in [-0.2, -0.15) is 0 Å². The van der Waals surface area contributed by atoms with Crippen molar-refractivity contribution in [3.8, 4) is 5.88 Å². The number of para-hydroxylation sites is 1. The monoisotopic (exact) mass is 178 g/mol. The van der Waals surface area contributed by atoms with Crippen molar-refractivity contribution >= 4 is 16.7 Å². The van der Waals surface area contributed by atoms with E-state index >= 15 is 0 Å². The SMILES string of the molecule is CCOc1noc2c(N)cccc12. The van der Waals surface area contributed by atoms with Crippen LogP contribution in [-0.4, -0.2) is 11.8 Å². The molecule has 0 radical (unpaired) electrons. The number of ether oxygens (including phenoxy) is 1. The minimum atomic E-state index is 0.504. The lowest BCUT2D eigenvalue weighted by molar-refractivity contribution is 0.301. The van der Waals surface area contributed by atoms with Crippen LogP contribution in [0.15, 0.2) is 22.7 Å². The molecule has 1 heterocycles. The summed E-state index contributed by atoms with van der Waals surface area (Å²) in [7, 11) is 0. The molecule has 0 aliphatic rings. The zero-order valence-corrected chi connectivity index (χ0v) is 7.28. The third kappa shape index (κ3) is 1.20. The fraction of sp³-hybridized carbons (Fsp3) is 0.222. The van der Waals surface area contributed by atoms with Gasteiger partial charge in [-0.25, -0.2) is 0 Å². The summed E-state index contributed by atoms with van der Waals surface area (Å²) in [5.41, 5.74) is 6.84. The van der Waals surface area contributed by atoms with Gasteiger partial charge >= 0.3 is 0 Å². The first-order valence-corrected chi connectivity index (χ1v) is 4.09. The second-order valence-electron chi connectivity index (χ2n) is 2.64. The maximum Gasteiger partial charge on any atom is 0.262 e. The molecule has 1 aromatic carbocycles. The minimum Gasteiger partial charge on any atom is -0.475 e. The highest BCUT2D eigenvalue weighted by Crippen LogP contribution is 2.28. The number of nitrogen functional groups attached to an aromatic ring is 1. The third-order valence-electron chi connectivity index (χ3n) is 1.78. The van der Waals surface area contributed by atoms with E-state index in [-0.39, 0.29) is 0 Å². The minimum absolute atomic E-state index is 0.504. The summed E-state index contributed by atoms with van der Waals surface area (Å²) in [6.07, 6.45) is 0. The Balaban J connectivity index is 2.61. The molecule has 13 heavy (non-hydrogen) atoms. The maximum absolute atomic E-state index is 5.68. The zero-order valence-electron chi connectivity index (χ0n) is 7.28. The van der Waals surface area contributed by atoms with Crippen molar-refractivity contribution in [3.05, 3.63) is 18.2 Å². The van der Waals surface area contributed by atoms with E-state index < -0.39 is 0 Å². The molecule has 0 amide bonds. The molecule has 0 aliphatic carbocycles. The number of aromatic nitrogens is 1. The van der Waals surface area contributed by atoms with Crippen molar-refractivity contribution in [1.29, 1.82) is 0 Å². The largest absolute Gasteiger partial charge is 0.475 e. The lowest BCUT2D eigenvalue weighted by Crippen LogP contribution is -1.91. The van der Waals surface area contributed by atoms with Gasteiger partial charge in [0, 0.05) is 0 Å². The fourth-order valence-electron chi connectivity index (χ4n) is 1.20. The van der Waals surface area contributed by atoms with Crippen molar-refractivity contribution in [2.75, 3.05) is 12.3 Å². The van der Waals surface area contributed by atoms with E-state index in [1.807, 2.05) is 19.1 Å². The second-order valence-corrected chi connectivity index (χ2v) is 2.64. The van der Waals surface area contributed by atoms with Crippen LogP contribution in [0, 0.1) is 0 Å². The highest BCUT2D eigenvalue weighted by molar-refractivity contribution is 5.90. The lowest BCUT2D eigenvalue weighted by atomic mass is 10.2. The van der Waals surface area contributed by atoms with Crippen molar-refractivity contribution in [1.82, 2.24) is 5.16 Å². The van der Waals surface area contributed by atoms with E-state index in [1.165, 1.54) is 0 Å². The summed E-state index contributed by atoms with van der Waals surface area (Å²) in [5.74, 6) is 0.504.